The minimum atomic E-state index is -0.725. The lowest BCUT2D eigenvalue weighted by Crippen LogP contribution is -2.61. The first-order valence-corrected chi connectivity index (χ1v) is 16.5. The number of carbonyl (C=O) groups is 1. The monoisotopic (exact) mass is 659 g/mol. The summed E-state index contributed by atoms with van der Waals surface area (Å²) in [6.45, 7) is 14.7. The van der Waals surface area contributed by atoms with E-state index in [0.29, 0.717) is 53.0 Å². The van der Waals surface area contributed by atoms with Gasteiger partial charge in [0.2, 0.25) is 5.91 Å². The van der Waals surface area contributed by atoms with Gasteiger partial charge in [0.1, 0.15) is 18.0 Å². The number of aromatic hydroxyl groups is 1. The van der Waals surface area contributed by atoms with Crippen molar-refractivity contribution in [3.63, 3.8) is 0 Å². The van der Waals surface area contributed by atoms with Gasteiger partial charge < -0.3 is 19.6 Å². The third kappa shape index (κ3) is 5.05. The van der Waals surface area contributed by atoms with Crippen molar-refractivity contribution in [1.29, 1.82) is 0 Å². The Balaban J connectivity index is 1.69. The van der Waals surface area contributed by atoms with Crippen LogP contribution in [0.15, 0.2) is 78.5 Å². The van der Waals surface area contributed by atoms with Gasteiger partial charge in [-0.3, -0.25) is 24.1 Å². The number of rotatable bonds is 5. The molecule has 10 heteroatoms. The smallest absolute Gasteiger partial charge is 0.264 e. The number of hydrogen-bond donors (Lipinski definition) is 1. The van der Waals surface area contributed by atoms with Crippen molar-refractivity contribution in [2.24, 2.45) is 0 Å². The highest BCUT2D eigenvalue weighted by Gasteiger charge is 2.41. The van der Waals surface area contributed by atoms with Gasteiger partial charge in [0.15, 0.2) is 11.6 Å². The average molecular weight is 660 g/mol. The molecule has 1 amide bonds. The Labute approximate surface area is 283 Å². The molecule has 5 heterocycles. The summed E-state index contributed by atoms with van der Waals surface area (Å²) < 4.78 is 23.6. The van der Waals surface area contributed by atoms with Crippen molar-refractivity contribution in [3.8, 4) is 39.4 Å². The molecule has 0 aliphatic carbocycles. The number of pyridine rings is 3. The van der Waals surface area contributed by atoms with Crippen LogP contribution in [0.25, 0.3) is 38.7 Å². The zero-order valence-electron chi connectivity index (χ0n) is 28.2. The number of halogens is 1. The van der Waals surface area contributed by atoms with Gasteiger partial charge in [-0.1, -0.05) is 32.6 Å². The van der Waals surface area contributed by atoms with Gasteiger partial charge in [-0.25, -0.2) is 4.39 Å². The maximum Gasteiger partial charge on any atom is 0.264 e. The van der Waals surface area contributed by atoms with Crippen molar-refractivity contribution in [3.05, 3.63) is 107 Å². The van der Waals surface area contributed by atoms with Crippen LogP contribution in [0.5, 0.6) is 11.5 Å². The molecule has 0 bridgehead atoms. The normalized spacial score (nSPS) is 17.1. The van der Waals surface area contributed by atoms with Crippen LogP contribution in [0.3, 0.4) is 0 Å². The summed E-state index contributed by atoms with van der Waals surface area (Å²) in [5.41, 5.74) is 4.96. The lowest BCUT2D eigenvalue weighted by atomic mass is 9.83. The van der Waals surface area contributed by atoms with Crippen molar-refractivity contribution in [2.75, 3.05) is 24.6 Å². The fraction of sp³-hybridized carbons (Fsp3) is 0.282. The number of aromatic nitrogens is 3. The SMILES string of the molecule is C=CC(=O)N1CC2COc3c(-c4cccnc4)c(-c4c(C)ccnc4C(C)C)c4c(=O)n(-c5c(O)cccc5F)c(C)cc4c3N2CC1C. The van der Waals surface area contributed by atoms with Crippen LogP contribution in [-0.4, -0.2) is 62.2 Å². The Hall–Kier alpha value is -5.51. The predicted molar refractivity (Wildman–Crippen MR) is 189 cm³/mol. The molecule has 49 heavy (non-hydrogen) atoms. The van der Waals surface area contributed by atoms with E-state index in [1.54, 1.807) is 30.4 Å². The minimum Gasteiger partial charge on any atom is -0.506 e. The number of ether oxygens (including phenoxy) is 1. The molecular weight excluding hydrogens is 621 g/mol. The van der Waals surface area contributed by atoms with E-state index >= 15 is 9.18 Å². The zero-order valence-corrected chi connectivity index (χ0v) is 28.2. The molecule has 2 aliphatic rings. The van der Waals surface area contributed by atoms with Crippen LogP contribution in [0.2, 0.25) is 0 Å². The number of para-hydroxylation sites is 1. The summed E-state index contributed by atoms with van der Waals surface area (Å²) in [4.78, 5) is 41.4. The number of benzene rings is 2. The van der Waals surface area contributed by atoms with Gasteiger partial charge in [-0.2, -0.15) is 0 Å². The average Bonchev–Trinajstić information content (AvgIpc) is 3.08. The summed E-state index contributed by atoms with van der Waals surface area (Å²) in [5.74, 6) is -0.626. The van der Waals surface area contributed by atoms with Crippen molar-refractivity contribution < 1.29 is 19.0 Å². The van der Waals surface area contributed by atoms with Crippen LogP contribution in [0.1, 0.15) is 43.6 Å². The van der Waals surface area contributed by atoms with Crippen LogP contribution in [0.4, 0.5) is 10.1 Å². The van der Waals surface area contributed by atoms with Gasteiger partial charge in [-0.15, -0.1) is 0 Å². The number of fused-ring (bicyclic) bond motifs is 5. The second-order valence-electron chi connectivity index (χ2n) is 13.2. The number of phenols is 1. The molecule has 3 aromatic heterocycles. The second-order valence-corrected chi connectivity index (χ2v) is 13.2. The molecule has 0 spiro atoms. The molecule has 7 rings (SSSR count). The molecule has 5 aromatic rings. The Kier molecular flexibility index (Phi) is 7.97. The fourth-order valence-corrected chi connectivity index (χ4v) is 7.51. The standard InChI is InChI=1S/C39H38FN5O4/c1-7-30(47)43-19-26-20-49-38-32(25-10-9-14-41-17-25)34(31-22(4)13-15-42-35(31)21(2)3)33-27(36(38)44(26)18-24(43)6)16-23(5)45(39(33)48)37-28(40)11-8-12-29(37)46/h7-17,21,24,26,46H,1,18-20H2,2-6H3. The molecule has 9 nitrogen and oxygen atoms in total. The second kappa shape index (κ2) is 12.2. The topological polar surface area (TPSA) is 101 Å². The van der Waals surface area contributed by atoms with Gasteiger partial charge in [0.25, 0.3) is 5.56 Å². The first-order chi connectivity index (χ1) is 23.5. The van der Waals surface area contributed by atoms with Crippen molar-refractivity contribution in [2.45, 2.75) is 52.6 Å². The number of phenolic OH excluding ortho intramolecular Hbond substituents is 1. The van der Waals surface area contributed by atoms with E-state index in [1.165, 1.54) is 28.8 Å². The number of piperazine rings is 1. The third-order valence-electron chi connectivity index (χ3n) is 9.72. The first-order valence-electron chi connectivity index (χ1n) is 16.5. The molecular formula is C39H38FN5O4. The number of nitrogens with zero attached hydrogens (tertiary/aromatic N) is 5. The number of amides is 1. The van der Waals surface area contributed by atoms with Crippen molar-refractivity contribution in [1.82, 2.24) is 19.4 Å². The molecule has 250 valence electrons. The quantitative estimate of drug-likeness (QED) is 0.210. The number of anilines is 1. The highest BCUT2D eigenvalue weighted by Crippen LogP contribution is 2.54. The van der Waals surface area contributed by atoms with Crippen LogP contribution < -0.4 is 15.2 Å². The summed E-state index contributed by atoms with van der Waals surface area (Å²) in [6, 6.07) is 11.2. The number of aryl methyl sites for hydroxylation is 2. The maximum absolute atomic E-state index is 15.6. The van der Waals surface area contributed by atoms with E-state index in [-0.39, 0.29) is 35.3 Å². The molecule has 0 radical (unpaired) electrons. The highest BCUT2D eigenvalue weighted by atomic mass is 19.1. The molecule has 0 saturated carbocycles. The van der Waals surface area contributed by atoms with Gasteiger partial charge in [-0.05, 0) is 68.7 Å². The van der Waals surface area contributed by atoms with E-state index < -0.39 is 11.4 Å². The summed E-state index contributed by atoms with van der Waals surface area (Å²) >= 11 is 0. The van der Waals surface area contributed by atoms with E-state index in [1.807, 2.05) is 38.1 Å². The van der Waals surface area contributed by atoms with Crippen LogP contribution >= 0.6 is 0 Å². The Morgan fingerprint density at radius 2 is 1.88 bits per heavy atom. The Morgan fingerprint density at radius 1 is 1.08 bits per heavy atom. The summed E-state index contributed by atoms with van der Waals surface area (Å²) in [5, 5.41) is 11.9. The lowest BCUT2D eigenvalue weighted by molar-refractivity contribution is -0.129. The minimum absolute atomic E-state index is 0.00681. The maximum atomic E-state index is 15.6. The molecule has 1 N–H and O–H groups in total. The molecule has 2 aliphatic heterocycles. The lowest BCUT2D eigenvalue weighted by Gasteiger charge is -2.49. The van der Waals surface area contributed by atoms with Crippen molar-refractivity contribution >= 4 is 22.4 Å². The number of carbonyl (C=O) groups excluding carboxylic acids is 1. The van der Waals surface area contributed by atoms with E-state index in [4.69, 9.17) is 9.72 Å². The zero-order chi connectivity index (χ0) is 34.7. The highest BCUT2D eigenvalue weighted by molar-refractivity contribution is 6.14. The van der Waals surface area contributed by atoms with E-state index in [0.717, 1.165) is 28.1 Å². The molecule has 2 unspecified atom stereocenters. The van der Waals surface area contributed by atoms with E-state index in [9.17, 15) is 9.90 Å². The van der Waals surface area contributed by atoms with Crippen LogP contribution in [0, 0.1) is 19.7 Å². The van der Waals surface area contributed by atoms with Gasteiger partial charge >= 0.3 is 0 Å². The van der Waals surface area contributed by atoms with E-state index in [2.05, 4.69) is 30.3 Å². The molecule has 1 saturated heterocycles. The Bertz CT molecular complexity index is 2190. The molecule has 2 aromatic carbocycles. The summed E-state index contributed by atoms with van der Waals surface area (Å²) in [6.07, 6.45) is 6.54. The molecule has 1 fully saturated rings. The molecule has 2 atom stereocenters. The number of hydrogen-bond acceptors (Lipinski definition) is 7. The predicted octanol–water partition coefficient (Wildman–Crippen LogP) is 6.68. The largest absolute Gasteiger partial charge is 0.506 e. The third-order valence-corrected chi connectivity index (χ3v) is 9.72. The first kappa shape index (κ1) is 32.1. The van der Waals surface area contributed by atoms with Gasteiger partial charge in [0, 0.05) is 71.1 Å². The van der Waals surface area contributed by atoms with Crippen LogP contribution in [-0.2, 0) is 4.79 Å². The Morgan fingerprint density at radius 3 is 2.57 bits per heavy atom. The fourth-order valence-electron chi connectivity index (χ4n) is 7.51. The van der Waals surface area contributed by atoms with Gasteiger partial charge in [0.05, 0.1) is 22.8 Å². The summed E-state index contributed by atoms with van der Waals surface area (Å²) in [7, 11) is 0.